The third-order valence-electron chi connectivity index (χ3n) is 6.07. The molecule has 1 aromatic carbocycles. The summed E-state index contributed by atoms with van der Waals surface area (Å²) in [6.07, 6.45) is 2.67. The number of nitrogens with one attached hydrogen (secondary N) is 4. The van der Waals surface area contributed by atoms with Crippen molar-refractivity contribution in [2.75, 3.05) is 11.9 Å². The number of amides is 2. The van der Waals surface area contributed by atoms with Crippen LogP contribution in [0.1, 0.15) is 30.7 Å². The highest BCUT2D eigenvalue weighted by Gasteiger charge is 2.65. The van der Waals surface area contributed by atoms with E-state index in [1.54, 1.807) is 0 Å². The molecule has 0 aliphatic carbocycles. The van der Waals surface area contributed by atoms with Crippen molar-refractivity contribution in [2.24, 2.45) is 5.92 Å². The van der Waals surface area contributed by atoms with Crippen LogP contribution in [0, 0.1) is 5.92 Å². The molecule has 0 radical (unpaired) electrons. The molecule has 3 aliphatic rings. The lowest BCUT2D eigenvalue weighted by Crippen LogP contribution is -2.54. The Balaban J connectivity index is 1.50. The van der Waals surface area contributed by atoms with Crippen LogP contribution < -0.4 is 16.3 Å². The standard InChI is InChI=1S/C18H20N6O3/c25-15(19-9-14-21-17(27)23-22-14)12-8-10-4-3-7-24(10)18(12)11-5-1-2-6-13(11)20-16(18)26/h1-2,5-6,10,12H,3-4,7-9H2,(H,19,25)(H,20,26)(H2,21,22,23,27)/t10-,12-,18+/m1/s1. The van der Waals surface area contributed by atoms with Gasteiger partial charge in [0.25, 0.3) is 0 Å². The number of fused-ring (bicyclic) bond motifs is 4. The first kappa shape index (κ1) is 16.2. The quantitative estimate of drug-likeness (QED) is 0.609. The fourth-order valence-corrected chi connectivity index (χ4v) is 5.06. The predicted molar refractivity (Wildman–Crippen MR) is 95.6 cm³/mol. The number of carbonyl (C=O) groups excluding carboxylic acids is 2. The molecular formula is C18H20N6O3. The van der Waals surface area contributed by atoms with Crippen LogP contribution in [0.25, 0.3) is 0 Å². The third kappa shape index (κ3) is 2.21. The van der Waals surface area contributed by atoms with Crippen LogP contribution in [0.5, 0.6) is 0 Å². The van der Waals surface area contributed by atoms with Crippen molar-refractivity contribution in [3.8, 4) is 0 Å². The van der Waals surface area contributed by atoms with E-state index in [9.17, 15) is 14.4 Å². The molecule has 3 aliphatic heterocycles. The lowest BCUT2D eigenvalue weighted by molar-refractivity contribution is -0.137. The van der Waals surface area contributed by atoms with Crippen molar-refractivity contribution < 1.29 is 9.59 Å². The Morgan fingerprint density at radius 2 is 2.19 bits per heavy atom. The van der Waals surface area contributed by atoms with Gasteiger partial charge < -0.3 is 10.6 Å². The summed E-state index contributed by atoms with van der Waals surface area (Å²) in [5.41, 5.74) is 0.291. The van der Waals surface area contributed by atoms with Gasteiger partial charge in [0.1, 0.15) is 11.4 Å². The molecule has 27 heavy (non-hydrogen) atoms. The fraction of sp³-hybridized carbons (Fsp3) is 0.444. The van der Waals surface area contributed by atoms with Crippen LogP contribution in [0.2, 0.25) is 0 Å². The highest BCUT2D eigenvalue weighted by molar-refractivity contribution is 6.09. The highest BCUT2D eigenvalue weighted by Crippen LogP contribution is 2.55. The summed E-state index contributed by atoms with van der Waals surface area (Å²) in [6, 6.07) is 7.85. The maximum atomic E-state index is 13.2. The predicted octanol–water partition coefficient (Wildman–Crippen LogP) is 0.0461. The second kappa shape index (κ2) is 5.78. The van der Waals surface area contributed by atoms with Crippen molar-refractivity contribution in [3.63, 3.8) is 0 Å². The number of nitrogens with zero attached hydrogens (tertiary/aromatic N) is 2. The Labute approximate surface area is 154 Å². The summed E-state index contributed by atoms with van der Waals surface area (Å²) < 4.78 is 0. The van der Waals surface area contributed by atoms with Gasteiger partial charge in [0.05, 0.1) is 12.5 Å². The monoisotopic (exact) mass is 368 g/mol. The molecule has 2 aromatic rings. The van der Waals surface area contributed by atoms with E-state index in [-0.39, 0.29) is 24.4 Å². The van der Waals surface area contributed by atoms with Crippen molar-refractivity contribution >= 4 is 17.5 Å². The molecule has 0 saturated carbocycles. The van der Waals surface area contributed by atoms with E-state index in [1.807, 2.05) is 24.3 Å². The van der Waals surface area contributed by atoms with Crippen LogP contribution in [-0.4, -0.2) is 44.5 Å². The average Bonchev–Trinajstić information content (AvgIpc) is 3.39. The zero-order chi connectivity index (χ0) is 18.6. The van der Waals surface area contributed by atoms with E-state index in [0.717, 1.165) is 30.6 Å². The molecule has 1 spiro atoms. The highest BCUT2D eigenvalue weighted by atomic mass is 16.2. The van der Waals surface area contributed by atoms with Gasteiger partial charge >= 0.3 is 5.69 Å². The topological polar surface area (TPSA) is 123 Å². The number of hydrogen-bond acceptors (Lipinski definition) is 5. The molecule has 0 bridgehead atoms. The Morgan fingerprint density at radius 3 is 3.00 bits per heavy atom. The van der Waals surface area contributed by atoms with Crippen molar-refractivity contribution in [3.05, 3.63) is 46.1 Å². The summed E-state index contributed by atoms with van der Waals surface area (Å²) in [6.45, 7) is 0.918. The van der Waals surface area contributed by atoms with Crippen LogP contribution in [0.15, 0.2) is 29.1 Å². The average molecular weight is 368 g/mol. The first-order chi connectivity index (χ1) is 13.1. The van der Waals surface area contributed by atoms with Gasteiger partial charge in [0.15, 0.2) is 0 Å². The van der Waals surface area contributed by atoms with Crippen LogP contribution in [0.4, 0.5) is 5.69 Å². The molecule has 140 valence electrons. The smallest absolute Gasteiger partial charge is 0.340 e. The second-order valence-electron chi connectivity index (χ2n) is 7.39. The van der Waals surface area contributed by atoms with Gasteiger partial charge in [0, 0.05) is 17.3 Å². The molecule has 0 unspecified atom stereocenters. The van der Waals surface area contributed by atoms with Crippen LogP contribution in [-0.2, 0) is 21.7 Å². The zero-order valence-corrected chi connectivity index (χ0v) is 14.6. The van der Waals surface area contributed by atoms with Crippen molar-refractivity contribution in [1.29, 1.82) is 0 Å². The van der Waals surface area contributed by atoms with E-state index in [0.29, 0.717) is 12.2 Å². The molecule has 4 N–H and O–H groups in total. The first-order valence-electron chi connectivity index (χ1n) is 9.19. The van der Waals surface area contributed by atoms with E-state index < -0.39 is 17.1 Å². The second-order valence-corrected chi connectivity index (χ2v) is 7.39. The number of hydrogen-bond donors (Lipinski definition) is 4. The molecule has 9 nitrogen and oxygen atoms in total. The van der Waals surface area contributed by atoms with Gasteiger partial charge in [-0.05, 0) is 31.9 Å². The molecule has 2 amide bonds. The summed E-state index contributed by atoms with van der Waals surface area (Å²) in [4.78, 5) is 42.2. The number of aromatic amines is 2. The number of anilines is 1. The number of rotatable bonds is 3. The lowest BCUT2D eigenvalue weighted by atomic mass is 9.78. The van der Waals surface area contributed by atoms with E-state index >= 15 is 0 Å². The van der Waals surface area contributed by atoms with E-state index in [4.69, 9.17) is 0 Å². The van der Waals surface area contributed by atoms with Gasteiger partial charge in [-0.25, -0.2) is 9.89 Å². The third-order valence-corrected chi connectivity index (χ3v) is 6.07. The number of H-pyrrole nitrogens is 2. The van der Waals surface area contributed by atoms with E-state index in [2.05, 4.69) is 30.7 Å². The lowest BCUT2D eigenvalue weighted by Gasteiger charge is -2.36. The molecular weight excluding hydrogens is 348 g/mol. The van der Waals surface area contributed by atoms with Gasteiger partial charge in [0.2, 0.25) is 11.8 Å². The van der Waals surface area contributed by atoms with Crippen molar-refractivity contribution in [2.45, 2.75) is 37.4 Å². The fourth-order valence-electron chi connectivity index (χ4n) is 5.06. The maximum absolute atomic E-state index is 13.2. The summed E-state index contributed by atoms with van der Waals surface area (Å²) in [5, 5.41) is 11.9. The Bertz CT molecular complexity index is 981. The molecule has 5 rings (SSSR count). The molecule has 1 aromatic heterocycles. The molecule has 2 fully saturated rings. The van der Waals surface area contributed by atoms with Crippen LogP contribution >= 0.6 is 0 Å². The van der Waals surface area contributed by atoms with E-state index in [1.165, 1.54) is 0 Å². The minimum absolute atomic E-state index is 0.109. The number of carbonyl (C=O) groups is 2. The number of para-hydroxylation sites is 1. The summed E-state index contributed by atoms with van der Waals surface area (Å²) >= 11 is 0. The Kier molecular flexibility index (Phi) is 3.48. The van der Waals surface area contributed by atoms with Gasteiger partial charge in [-0.3, -0.25) is 19.5 Å². The Morgan fingerprint density at radius 1 is 1.33 bits per heavy atom. The SMILES string of the molecule is O=C(NCc1n[nH]c(=O)[nH]1)[C@H]1C[C@H]2CCCN2[C@]12C(=O)Nc1ccccc12. The van der Waals surface area contributed by atoms with Crippen molar-refractivity contribution in [1.82, 2.24) is 25.4 Å². The molecule has 3 atom stereocenters. The van der Waals surface area contributed by atoms with Crippen LogP contribution in [0.3, 0.4) is 0 Å². The van der Waals surface area contributed by atoms with Gasteiger partial charge in [-0.1, -0.05) is 18.2 Å². The normalized spacial score (nSPS) is 29.0. The van der Waals surface area contributed by atoms with Gasteiger partial charge in [-0.2, -0.15) is 5.10 Å². The maximum Gasteiger partial charge on any atom is 0.340 e. The largest absolute Gasteiger partial charge is 0.348 e. The molecule has 2 saturated heterocycles. The summed E-state index contributed by atoms with van der Waals surface area (Å²) in [5.74, 6) is -0.448. The first-order valence-corrected chi connectivity index (χ1v) is 9.19. The summed E-state index contributed by atoms with van der Waals surface area (Å²) in [7, 11) is 0. The Hall–Kier alpha value is -2.94. The number of aromatic nitrogens is 3. The van der Waals surface area contributed by atoms with Gasteiger partial charge in [-0.15, -0.1) is 0 Å². The minimum Gasteiger partial charge on any atom is -0.348 e. The molecule has 9 heteroatoms. The zero-order valence-electron chi connectivity index (χ0n) is 14.6. The molecule has 4 heterocycles. The number of benzene rings is 1. The minimum atomic E-state index is -0.958.